The number of imidazole rings is 1. The first kappa shape index (κ1) is 12.7. The summed E-state index contributed by atoms with van der Waals surface area (Å²) < 4.78 is 2.02. The van der Waals surface area contributed by atoms with Crippen LogP contribution in [-0.2, 0) is 0 Å². The lowest BCUT2D eigenvalue weighted by atomic mass is 10.0. The summed E-state index contributed by atoms with van der Waals surface area (Å²) >= 11 is 0. The summed E-state index contributed by atoms with van der Waals surface area (Å²) in [5.74, 6) is 0.712. The third-order valence-electron chi connectivity index (χ3n) is 3.72. The first-order chi connectivity index (χ1) is 9.47. The van der Waals surface area contributed by atoms with E-state index in [2.05, 4.69) is 58.0 Å². The fourth-order valence-corrected chi connectivity index (χ4v) is 2.84. The van der Waals surface area contributed by atoms with Crippen molar-refractivity contribution >= 4 is 11.5 Å². The molecule has 3 heteroatoms. The van der Waals surface area contributed by atoms with Gasteiger partial charge in [-0.2, -0.15) is 0 Å². The molecule has 0 aliphatic carbocycles. The number of rotatable bonds is 1. The highest BCUT2D eigenvalue weighted by Gasteiger charge is 2.14. The molecule has 1 aromatic carbocycles. The summed E-state index contributed by atoms with van der Waals surface area (Å²) in [6, 6.07) is 10.6. The lowest BCUT2D eigenvalue weighted by Crippen LogP contribution is -1.98. The summed E-state index contributed by atoms with van der Waals surface area (Å²) in [7, 11) is 0. The molecular weight excluding hydrogens is 246 g/mol. The number of hydrogen-bond donors (Lipinski definition) is 1. The summed E-state index contributed by atoms with van der Waals surface area (Å²) in [6.45, 7) is 8.33. The second-order valence-corrected chi connectivity index (χ2v) is 5.53. The van der Waals surface area contributed by atoms with E-state index in [4.69, 9.17) is 10.7 Å². The largest absolute Gasteiger partial charge is 0.383 e. The van der Waals surface area contributed by atoms with Crippen LogP contribution < -0.4 is 5.73 Å². The molecule has 2 N–H and O–H groups in total. The average Bonchev–Trinajstić information content (AvgIpc) is 2.66. The Morgan fingerprint density at radius 2 is 1.70 bits per heavy atom. The van der Waals surface area contributed by atoms with Crippen molar-refractivity contribution in [2.24, 2.45) is 0 Å². The van der Waals surface area contributed by atoms with Crippen molar-refractivity contribution in [3.8, 4) is 11.3 Å². The Labute approximate surface area is 119 Å². The second-order valence-electron chi connectivity index (χ2n) is 5.53. The highest BCUT2D eigenvalue weighted by molar-refractivity contribution is 5.77. The minimum Gasteiger partial charge on any atom is -0.383 e. The smallest absolute Gasteiger partial charge is 0.139 e. The van der Waals surface area contributed by atoms with Gasteiger partial charge in [-0.25, -0.2) is 4.98 Å². The van der Waals surface area contributed by atoms with E-state index in [-0.39, 0.29) is 0 Å². The Kier molecular flexibility index (Phi) is 2.78. The molecule has 0 saturated heterocycles. The SMILES string of the molecule is Cc1ccc(-c2nc3cc(C)cc(C)n3c2N)c(C)c1. The number of pyridine rings is 1. The van der Waals surface area contributed by atoms with Crippen LogP contribution >= 0.6 is 0 Å². The molecule has 0 aliphatic heterocycles. The Bertz CT molecular complexity index is 813. The van der Waals surface area contributed by atoms with Crippen molar-refractivity contribution in [3.05, 3.63) is 52.7 Å². The molecule has 20 heavy (non-hydrogen) atoms. The summed E-state index contributed by atoms with van der Waals surface area (Å²) in [5, 5.41) is 0. The van der Waals surface area contributed by atoms with Crippen LogP contribution in [0.1, 0.15) is 22.4 Å². The van der Waals surface area contributed by atoms with E-state index >= 15 is 0 Å². The number of nitrogens with zero attached hydrogens (tertiary/aromatic N) is 2. The van der Waals surface area contributed by atoms with Crippen molar-refractivity contribution in [3.63, 3.8) is 0 Å². The van der Waals surface area contributed by atoms with Crippen LogP contribution in [0.15, 0.2) is 30.3 Å². The molecule has 0 aliphatic rings. The van der Waals surface area contributed by atoms with E-state index in [1.54, 1.807) is 0 Å². The Hall–Kier alpha value is -2.29. The summed E-state index contributed by atoms with van der Waals surface area (Å²) in [5.41, 5.74) is 14.0. The number of anilines is 1. The molecule has 3 nitrogen and oxygen atoms in total. The number of aromatic nitrogens is 2. The average molecular weight is 265 g/mol. The molecule has 0 saturated carbocycles. The van der Waals surface area contributed by atoms with Gasteiger partial charge < -0.3 is 5.73 Å². The topological polar surface area (TPSA) is 43.3 Å². The molecule has 0 atom stereocenters. The highest BCUT2D eigenvalue weighted by atomic mass is 15.1. The van der Waals surface area contributed by atoms with Gasteiger partial charge in [0.15, 0.2) is 0 Å². The number of nitrogen functional groups attached to an aromatic ring is 1. The quantitative estimate of drug-likeness (QED) is 0.727. The van der Waals surface area contributed by atoms with E-state index in [1.807, 2.05) is 4.40 Å². The number of fused-ring (bicyclic) bond motifs is 1. The van der Waals surface area contributed by atoms with Crippen molar-refractivity contribution in [2.45, 2.75) is 27.7 Å². The first-order valence-electron chi connectivity index (χ1n) is 6.80. The molecule has 0 fully saturated rings. The maximum absolute atomic E-state index is 6.33. The fraction of sp³-hybridized carbons (Fsp3) is 0.235. The monoisotopic (exact) mass is 265 g/mol. The van der Waals surface area contributed by atoms with Crippen molar-refractivity contribution in [2.75, 3.05) is 5.73 Å². The number of nitrogens with two attached hydrogens (primary N) is 1. The van der Waals surface area contributed by atoms with E-state index in [9.17, 15) is 0 Å². The van der Waals surface area contributed by atoms with Gasteiger partial charge in [0.1, 0.15) is 17.2 Å². The van der Waals surface area contributed by atoms with E-state index in [0.717, 1.165) is 22.6 Å². The molecule has 0 spiro atoms. The fourth-order valence-electron chi connectivity index (χ4n) is 2.84. The van der Waals surface area contributed by atoms with Crippen LogP contribution in [0.3, 0.4) is 0 Å². The molecule has 0 bridgehead atoms. The van der Waals surface area contributed by atoms with E-state index < -0.39 is 0 Å². The van der Waals surface area contributed by atoms with Crippen LogP contribution in [0.5, 0.6) is 0 Å². The Balaban J connectivity index is 2.32. The van der Waals surface area contributed by atoms with Gasteiger partial charge in [-0.05, 0) is 51.0 Å². The van der Waals surface area contributed by atoms with Crippen molar-refractivity contribution in [1.29, 1.82) is 0 Å². The van der Waals surface area contributed by atoms with Gasteiger partial charge in [0.25, 0.3) is 0 Å². The zero-order valence-electron chi connectivity index (χ0n) is 12.4. The van der Waals surface area contributed by atoms with Crippen molar-refractivity contribution in [1.82, 2.24) is 9.38 Å². The molecule has 0 amide bonds. The normalized spacial score (nSPS) is 11.2. The van der Waals surface area contributed by atoms with Gasteiger partial charge in [0, 0.05) is 11.3 Å². The first-order valence-corrected chi connectivity index (χ1v) is 6.80. The molecule has 3 rings (SSSR count). The standard InChI is InChI=1S/C17H19N3/c1-10-5-6-14(12(3)7-10)16-17(18)20-13(4)8-11(2)9-15(20)19-16/h5-9H,18H2,1-4H3. The van der Waals surface area contributed by atoms with Gasteiger partial charge in [0.2, 0.25) is 0 Å². The minimum absolute atomic E-state index is 0.712. The second kappa shape index (κ2) is 4.37. The minimum atomic E-state index is 0.712. The predicted molar refractivity (Wildman–Crippen MR) is 84.0 cm³/mol. The number of aryl methyl sites for hydroxylation is 4. The molecule has 102 valence electrons. The van der Waals surface area contributed by atoms with Gasteiger partial charge in [-0.3, -0.25) is 4.40 Å². The number of benzene rings is 1. The van der Waals surface area contributed by atoms with Crippen LogP contribution in [0.2, 0.25) is 0 Å². The van der Waals surface area contributed by atoms with E-state index in [0.29, 0.717) is 5.82 Å². The lowest BCUT2D eigenvalue weighted by molar-refractivity contribution is 1.09. The van der Waals surface area contributed by atoms with Gasteiger partial charge in [0.05, 0.1) is 0 Å². The highest BCUT2D eigenvalue weighted by Crippen LogP contribution is 2.30. The maximum atomic E-state index is 6.33. The summed E-state index contributed by atoms with van der Waals surface area (Å²) in [4.78, 5) is 4.73. The van der Waals surface area contributed by atoms with E-state index in [1.165, 1.54) is 16.7 Å². The Morgan fingerprint density at radius 1 is 0.950 bits per heavy atom. The molecule has 0 unspecified atom stereocenters. The Morgan fingerprint density at radius 3 is 2.40 bits per heavy atom. The molecule has 3 aromatic rings. The van der Waals surface area contributed by atoms with Crippen LogP contribution in [0.4, 0.5) is 5.82 Å². The molecule has 2 aromatic heterocycles. The van der Waals surface area contributed by atoms with Crippen LogP contribution in [-0.4, -0.2) is 9.38 Å². The van der Waals surface area contributed by atoms with Gasteiger partial charge >= 0.3 is 0 Å². The van der Waals surface area contributed by atoms with Gasteiger partial charge in [-0.1, -0.05) is 23.8 Å². The molecule has 0 radical (unpaired) electrons. The zero-order valence-corrected chi connectivity index (χ0v) is 12.4. The summed E-state index contributed by atoms with van der Waals surface area (Å²) in [6.07, 6.45) is 0. The van der Waals surface area contributed by atoms with Crippen LogP contribution in [0, 0.1) is 27.7 Å². The lowest BCUT2D eigenvalue weighted by Gasteiger charge is -2.06. The van der Waals surface area contributed by atoms with Gasteiger partial charge in [-0.15, -0.1) is 0 Å². The zero-order chi connectivity index (χ0) is 14.4. The van der Waals surface area contributed by atoms with Crippen molar-refractivity contribution < 1.29 is 0 Å². The molecule has 2 heterocycles. The maximum Gasteiger partial charge on any atom is 0.139 e. The molecular formula is C17H19N3. The third kappa shape index (κ3) is 1.86. The number of hydrogen-bond acceptors (Lipinski definition) is 2. The predicted octanol–water partition coefficient (Wildman–Crippen LogP) is 3.82. The third-order valence-corrected chi connectivity index (χ3v) is 3.72. The van der Waals surface area contributed by atoms with Crippen LogP contribution in [0.25, 0.3) is 16.9 Å².